The number of rotatable bonds is 3. The van der Waals surface area contributed by atoms with Crippen LogP contribution in [0, 0.1) is 0 Å². The highest BCUT2D eigenvalue weighted by Gasteiger charge is 2.05. The number of nitrogens with one attached hydrogen (secondary N) is 2. The minimum atomic E-state index is -0.268. The number of anilines is 2. The molecule has 0 aliphatic carbocycles. The lowest BCUT2D eigenvalue weighted by molar-refractivity contribution is 0.251. The molecule has 0 aliphatic rings. The van der Waals surface area contributed by atoms with Crippen LogP contribution in [0.2, 0.25) is 0 Å². The molecule has 0 radical (unpaired) electrons. The van der Waals surface area contributed by atoms with Crippen LogP contribution in [0.1, 0.15) is 5.56 Å². The van der Waals surface area contributed by atoms with Gasteiger partial charge in [0.25, 0.3) is 0 Å². The van der Waals surface area contributed by atoms with E-state index in [2.05, 4.69) is 26.6 Å². The molecule has 4 nitrogen and oxygen atoms in total. The van der Waals surface area contributed by atoms with Gasteiger partial charge in [0.05, 0.1) is 5.69 Å². The van der Waals surface area contributed by atoms with E-state index < -0.39 is 0 Å². The van der Waals surface area contributed by atoms with Crippen LogP contribution in [-0.4, -0.2) is 6.03 Å². The highest BCUT2D eigenvalue weighted by molar-refractivity contribution is 9.10. The van der Waals surface area contributed by atoms with Gasteiger partial charge in [-0.2, -0.15) is 0 Å². The molecule has 4 N–H and O–H groups in total. The molecule has 0 heterocycles. The standard InChI is InChI=1S/C14H14BrN3O/c15-12-7-6-11(16)8-13(12)18-14(19)17-9-10-4-2-1-3-5-10/h1-8H,9,16H2,(H2,17,18,19). The van der Waals surface area contributed by atoms with E-state index in [1.807, 2.05) is 30.3 Å². The number of nitrogens with two attached hydrogens (primary N) is 1. The van der Waals surface area contributed by atoms with E-state index in [0.717, 1.165) is 10.0 Å². The molecule has 2 amide bonds. The number of halogens is 1. The molecule has 0 saturated carbocycles. The Morgan fingerprint density at radius 3 is 2.63 bits per heavy atom. The second-order valence-electron chi connectivity index (χ2n) is 4.03. The predicted octanol–water partition coefficient (Wildman–Crippen LogP) is 3.35. The molecule has 0 atom stereocenters. The molecule has 0 saturated heterocycles. The Hall–Kier alpha value is -2.01. The van der Waals surface area contributed by atoms with Gasteiger partial charge in [0.2, 0.25) is 0 Å². The van der Waals surface area contributed by atoms with Crippen LogP contribution >= 0.6 is 15.9 Å². The van der Waals surface area contributed by atoms with Crippen molar-refractivity contribution in [1.82, 2.24) is 5.32 Å². The van der Waals surface area contributed by atoms with Gasteiger partial charge in [0.15, 0.2) is 0 Å². The summed E-state index contributed by atoms with van der Waals surface area (Å²) in [6.45, 7) is 0.479. The van der Waals surface area contributed by atoms with Crippen molar-refractivity contribution < 1.29 is 4.79 Å². The maximum Gasteiger partial charge on any atom is 0.319 e. The summed E-state index contributed by atoms with van der Waals surface area (Å²) in [5.74, 6) is 0. The van der Waals surface area contributed by atoms with E-state index in [4.69, 9.17) is 5.73 Å². The van der Waals surface area contributed by atoms with Crippen LogP contribution in [0.25, 0.3) is 0 Å². The Morgan fingerprint density at radius 1 is 1.16 bits per heavy atom. The number of nitrogen functional groups attached to an aromatic ring is 1. The van der Waals surface area contributed by atoms with E-state index in [1.54, 1.807) is 18.2 Å². The smallest absolute Gasteiger partial charge is 0.319 e. The van der Waals surface area contributed by atoms with Crippen LogP contribution in [0.5, 0.6) is 0 Å². The Morgan fingerprint density at radius 2 is 1.89 bits per heavy atom. The maximum absolute atomic E-state index is 11.8. The molecule has 0 fully saturated rings. The summed E-state index contributed by atoms with van der Waals surface area (Å²) in [5.41, 5.74) is 7.96. The van der Waals surface area contributed by atoms with E-state index in [1.165, 1.54) is 0 Å². The molecule has 5 heteroatoms. The number of benzene rings is 2. The highest BCUT2D eigenvalue weighted by Crippen LogP contribution is 2.24. The van der Waals surface area contributed by atoms with Gasteiger partial charge < -0.3 is 16.4 Å². The predicted molar refractivity (Wildman–Crippen MR) is 80.9 cm³/mol. The minimum Gasteiger partial charge on any atom is -0.399 e. The third-order valence-electron chi connectivity index (χ3n) is 2.53. The van der Waals surface area contributed by atoms with Crippen molar-refractivity contribution >= 4 is 33.3 Å². The van der Waals surface area contributed by atoms with Gasteiger partial charge in [-0.15, -0.1) is 0 Å². The van der Waals surface area contributed by atoms with Crippen LogP contribution in [0.3, 0.4) is 0 Å². The van der Waals surface area contributed by atoms with E-state index in [9.17, 15) is 4.79 Å². The number of amides is 2. The Kier molecular flexibility index (Phi) is 4.41. The summed E-state index contributed by atoms with van der Waals surface area (Å²) in [7, 11) is 0. The van der Waals surface area contributed by atoms with E-state index in [-0.39, 0.29) is 6.03 Å². The Labute approximate surface area is 120 Å². The fraction of sp³-hybridized carbons (Fsp3) is 0.0714. The summed E-state index contributed by atoms with van der Waals surface area (Å²) < 4.78 is 0.788. The lowest BCUT2D eigenvalue weighted by atomic mass is 10.2. The van der Waals surface area contributed by atoms with Crippen molar-refractivity contribution in [2.45, 2.75) is 6.54 Å². The third kappa shape index (κ3) is 3.99. The minimum absolute atomic E-state index is 0.268. The zero-order valence-electron chi connectivity index (χ0n) is 10.2. The first-order chi connectivity index (χ1) is 9.15. The molecule has 19 heavy (non-hydrogen) atoms. The molecular weight excluding hydrogens is 306 g/mol. The normalized spacial score (nSPS) is 9.95. The molecule has 98 valence electrons. The van der Waals surface area contributed by atoms with E-state index in [0.29, 0.717) is 17.9 Å². The summed E-state index contributed by atoms with van der Waals surface area (Å²) in [6, 6.07) is 14.7. The van der Waals surface area contributed by atoms with Gasteiger partial charge in [0, 0.05) is 16.7 Å². The fourth-order valence-corrected chi connectivity index (χ4v) is 1.93. The van der Waals surface area contributed by atoms with Gasteiger partial charge in [-0.25, -0.2) is 4.79 Å². The molecule has 0 aromatic heterocycles. The van der Waals surface area contributed by atoms with Crippen molar-refractivity contribution in [3.05, 3.63) is 58.6 Å². The molecular formula is C14H14BrN3O. The number of hydrogen-bond acceptors (Lipinski definition) is 2. The van der Waals surface area contributed by atoms with Gasteiger partial charge in [-0.05, 0) is 39.7 Å². The number of hydrogen-bond donors (Lipinski definition) is 3. The quantitative estimate of drug-likeness (QED) is 0.759. The number of urea groups is 1. The SMILES string of the molecule is Nc1ccc(Br)c(NC(=O)NCc2ccccc2)c1. The van der Waals surface area contributed by atoms with Crippen LogP contribution < -0.4 is 16.4 Å². The van der Waals surface area contributed by atoms with Gasteiger partial charge in [0.1, 0.15) is 0 Å². The van der Waals surface area contributed by atoms with Gasteiger partial charge >= 0.3 is 6.03 Å². The molecule has 0 bridgehead atoms. The van der Waals surface area contributed by atoms with E-state index >= 15 is 0 Å². The first kappa shape index (κ1) is 13.4. The lowest BCUT2D eigenvalue weighted by Crippen LogP contribution is -2.28. The monoisotopic (exact) mass is 319 g/mol. The molecule has 2 aromatic carbocycles. The second kappa shape index (κ2) is 6.24. The fourth-order valence-electron chi connectivity index (χ4n) is 1.58. The average molecular weight is 320 g/mol. The second-order valence-corrected chi connectivity index (χ2v) is 4.89. The molecule has 0 aliphatic heterocycles. The number of carbonyl (C=O) groups is 1. The van der Waals surface area contributed by atoms with Crippen molar-refractivity contribution in [3.8, 4) is 0 Å². The molecule has 2 aromatic rings. The summed E-state index contributed by atoms with van der Waals surface area (Å²) >= 11 is 3.36. The van der Waals surface area contributed by atoms with Gasteiger partial charge in [-0.3, -0.25) is 0 Å². The maximum atomic E-state index is 11.8. The lowest BCUT2D eigenvalue weighted by Gasteiger charge is -2.09. The average Bonchev–Trinajstić information content (AvgIpc) is 2.42. The topological polar surface area (TPSA) is 67.1 Å². The van der Waals surface area contributed by atoms with Crippen molar-refractivity contribution in [2.24, 2.45) is 0 Å². The molecule has 0 unspecified atom stereocenters. The van der Waals surface area contributed by atoms with Crippen LogP contribution in [0.15, 0.2) is 53.0 Å². The first-order valence-corrected chi connectivity index (χ1v) is 6.58. The zero-order chi connectivity index (χ0) is 13.7. The van der Waals surface area contributed by atoms with Crippen molar-refractivity contribution in [3.63, 3.8) is 0 Å². The molecule has 2 rings (SSSR count). The summed E-state index contributed by atoms with van der Waals surface area (Å²) in [4.78, 5) is 11.8. The van der Waals surface area contributed by atoms with Crippen LogP contribution in [0.4, 0.5) is 16.2 Å². The Bertz CT molecular complexity index is 572. The van der Waals surface area contributed by atoms with Gasteiger partial charge in [-0.1, -0.05) is 30.3 Å². The summed E-state index contributed by atoms with van der Waals surface area (Å²) in [5, 5.41) is 5.53. The number of carbonyl (C=O) groups excluding carboxylic acids is 1. The zero-order valence-corrected chi connectivity index (χ0v) is 11.8. The third-order valence-corrected chi connectivity index (χ3v) is 3.23. The van der Waals surface area contributed by atoms with Crippen LogP contribution in [-0.2, 0) is 6.54 Å². The largest absolute Gasteiger partial charge is 0.399 e. The Balaban J connectivity index is 1.93. The highest BCUT2D eigenvalue weighted by atomic mass is 79.9. The summed E-state index contributed by atoms with van der Waals surface area (Å²) in [6.07, 6.45) is 0. The first-order valence-electron chi connectivity index (χ1n) is 5.79. The van der Waals surface area contributed by atoms with Crippen molar-refractivity contribution in [2.75, 3.05) is 11.1 Å². The van der Waals surface area contributed by atoms with Crippen molar-refractivity contribution in [1.29, 1.82) is 0 Å². The molecule has 0 spiro atoms.